The highest BCUT2D eigenvalue weighted by atomic mass is 79.9. The molecule has 0 spiro atoms. The Morgan fingerprint density at radius 3 is 2.26 bits per heavy atom. The summed E-state index contributed by atoms with van der Waals surface area (Å²) >= 11 is 8.98. The molecule has 1 unspecified atom stereocenters. The molecule has 0 saturated heterocycles. The maximum atomic E-state index is 13.3. The van der Waals surface area contributed by atoms with Crippen molar-refractivity contribution in [2.75, 3.05) is 0 Å². The fourth-order valence-corrected chi connectivity index (χ4v) is 2.29. The fourth-order valence-electron chi connectivity index (χ4n) is 1.90. The minimum absolute atomic E-state index is 0.103. The lowest BCUT2D eigenvalue weighted by Gasteiger charge is -2.11. The molecule has 1 N–H and O–H groups in total. The van der Waals surface area contributed by atoms with Crippen molar-refractivity contribution in [2.45, 2.75) is 18.9 Å². The maximum Gasteiger partial charge on any atom is 0.142 e. The molecular formula is C15H13BrClFO. The van der Waals surface area contributed by atoms with Crippen molar-refractivity contribution in [3.8, 4) is 0 Å². The zero-order chi connectivity index (χ0) is 13.8. The molecule has 0 amide bonds. The monoisotopic (exact) mass is 342 g/mol. The molecule has 0 heterocycles. The van der Waals surface area contributed by atoms with Crippen LogP contribution in [0, 0.1) is 5.82 Å². The third-order valence-electron chi connectivity index (χ3n) is 2.84. The largest absolute Gasteiger partial charge is 0.392 e. The normalized spacial score (nSPS) is 12.4. The van der Waals surface area contributed by atoms with Crippen LogP contribution in [0.2, 0.25) is 5.02 Å². The Hall–Kier alpha value is -0.900. The van der Waals surface area contributed by atoms with Crippen molar-refractivity contribution in [3.05, 3.63) is 68.9 Å². The highest BCUT2D eigenvalue weighted by molar-refractivity contribution is 9.10. The predicted molar refractivity (Wildman–Crippen MR) is 79.0 cm³/mol. The van der Waals surface area contributed by atoms with Crippen molar-refractivity contribution in [3.63, 3.8) is 0 Å². The second-order valence-corrected chi connectivity index (χ2v) is 5.76. The molecule has 0 saturated carbocycles. The van der Waals surface area contributed by atoms with E-state index in [2.05, 4.69) is 15.9 Å². The average Bonchev–Trinajstić information content (AvgIpc) is 2.37. The highest BCUT2D eigenvalue weighted by Crippen LogP contribution is 2.18. The minimum atomic E-state index is -0.540. The molecule has 0 fully saturated rings. The van der Waals surface area contributed by atoms with Gasteiger partial charge in [-0.2, -0.15) is 0 Å². The Morgan fingerprint density at radius 2 is 1.63 bits per heavy atom. The summed E-state index contributed by atoms with van der Waals surface area (Å²) in [5.41, 5.74) is 1.79. The quantitative estimate of drug-likeness (QED) is 0.873. The number of rotatable bonds is 4. The number of benzene rings is 2. The zero-order valence-electron chi connectivity index (χ0n) is 10.1. The smallest absolute Gasteiger partial charge is 0.142 e. The van der Waals surface area contributed by atoms with Crippen molar-refractivity contribution in [1.29, 1.82) is 0 Å². The Morgan fingerprint density at radius 1 is 1.05 bits per heavy atom. The van der Waals surface area contributed by atoms with Gasteiger partial charge in [0.25, 0.3) is 0 Å². The minimum Gasteiger partial charge on any atom is -0.392 e. The second-order valence-electron chi connectivity index (χ2n) is 4.44. The van der Waals surface area contributed by atoms with E-state index < -0.39 is 11.9 Å². The molecule has 1 nitrogen and oxygen atoms in total. The van der Waals surface area contributed by atoms with E-state index in [1.54, 1.807) is 6.07 Å². The second kappa shape index (κ2) is 6.51. The van der Waals surface area contributed by atoms with E-state index in [-0.39, 0.29) is 5.02 Å². The Bertz CT molecular complexity index is 557. The fraction of sp³-hybridized carbons (Fsp3) is 0.200. The molecule has 2 rings (SSSR count). The first-order valence-electron chi connectivity index (χ1n) is 5.91. The van der Waals surface area contributed by atoms with E-state index in [1.807, 2.05) is 24.3 Å². The molecule has 0 aromatic heterocycles. The number of hydrogen-bond acceptors (Lipinski definition) is 1. The molecule has 0 aliphatic heterocycles. The Labute approximate surface area is 125 Å². The number of aliphatic hydroxyl groups is 1. The van der Waals surface area contributed by atoms with Crippen LogP contribution in [0.4, 0.5) is 4.39 Å². The predicted octanol–water partition coefficient (Wildman–Crippen LogP) is 4.39. The molecule has 100 valence electrons. The molecule has 2 aromatic rings. The topological polar surface area (TPSA) is 20.2 Å². The SMILES string of the molecule is OC(Cc1ccc(Br)cc1)Cc1ccc(Cl)c(F)c1. The van der Waals surface area contributed by atoms with E-state index in [0.717, 1.165) is 15.6 Å². The summed E-state index contributed by atoms with van der Waals surface area (Å²) in [6, 6.07) is 12.4. The van der Waals surface area contributed by atoms with E-state index in [4.69, 9.17) is 11.6 Å². The third-order valence-corrected chi connectivity index (χ3v) is 3.68. The van der Waals surface area contributed by atoms with Crippen molar-refractivity contribution in [1.82, 2.24) is 0 Å². The highest BCUT2D eigenvalue weighted by Gasteiger charge is 2.09. The third kappa shape index (κ3) is 4.30. The van der Waals surface area contributed by atoms with Gasteiger partial charge in [-0.25, -0.2) is 4.39 Å². The van der Waals surface area contributed by atoms with Crippen LogP contribution in [0.25, 0.3) is 0 Å². The molecule has 0 bridgehead atoms. The van der Waals surface area contributed by atoms with Gasteiger partial charge in [0.05, 0.1) is 11.1 Å². The van der Waals surface area contributed by atoms with E-state index >= 15 is 0 Å². The zero-order valence-corrected chi connectivity index (χ0v) is 12.5. The Kier molecular flexibility index (Phi) is 4.97. The van der Waals surface area contributed by atoms with E-state index in [1.165, 1.54) is 12.1 Å². The standard InChI is InChI=1S/C15H13BrClFO/c16-12-4-1-10(2-5-12)7-13(19)8-11-3-6-14(17)15(18)9-11/h1-6,9,13,19H,7-8H2. The number of hydrogen-bond donors (Lipinski definition) is 1. The molecule has 1 atom stereocenters. The van der Waals surface area contributed by atoms with Crippen LogP contribution in [0.3, 0.4) is 0 Å². The van der Waals surface area contributed by atoms with Crippen LogP contribution < -0.4 is 0 Å². The first-order chi connectivity index (χ1) is 9.04. The van der Waals surface area contributed by atoms with Crippen LogP contribution in [-0.2, 0) is 12.8 Å². The van der Waals surface area contributed by atoms with E-state index in [9.17, 15) is 9.50 Å². The van der Waals surface area contributed by atoms with Crippen molar-refractivity contribution >= 4 is 27.5 Å². The molecule has 0 aliphatic rings. The lowest BCUT2D eigenvalue weighted by atomic mass is 10.0. The van der Waals surface area contributed by atoms with Gasteiger partial charge in [0.2, 0.25) is 0 Å². The Balaban J connectivity index is 1.98. The van der Waals surface area contributed by atoms with Crippen LogP contribution in [-0.4, -0.2) is 11.2 Å². The van der Waals surface area contributed by atoms with Gasteiger partial charge in [-0.1, -0.05) is 45.7 Å². The lowest BCUT2D eigenvalue weighted by molar-refractivity contribution is 0.175. The summed E-state index contributed by atoms with van der Waals surface area (Å²) in [4.78, 5) is 0. The molecule has 2 aromatic carbocycles. The van der Waals surface area contributed by atoms with Gasteiger partial charge in [-0.05, 0) is 48.2 Å². The summed E-state index contributed by atoms with van der Waals surface area (Å²) in [6.07, 6.45) is 0.406. The summed E-state index contributed by atoms with van der Waals surface area (Å²) in [7, 11) is 0. The molecular weight excluding hydrogens is 331 g/mol. The van der Waals surface area contributed by atoms with Crippen LogP contribution >= 0.6 is 27.5 Å². The number of halogens is 3. The van der Waals surface area contributed by atoms with Crippen molar-refractivity contribution < 1.29 is 9.50 Å². The number of aliphatic hydroxyl groups excluding tert-OH is 1. The van der Waals surface area contributed by atoms with Gasteiger partial charge in [0, 0.05) is 4.47 Å². The average molecular weight is 344 g/mol. The molecule has 0 radical (unpaired) electrons. The van der Waals surface area contributed by atoms with Crippen LogP contribution in [0.5, 0.6) is 0 Å². The van der Waals surface area contributed by atoms with E-state index in [0.29, 0.717) is 12.8 Å². The summed E-state index contributed by atoms with van der Waals surface area (Å²) in [6.45, 7) is 0. The molecule has 0 aliphatic carbocycles. The molecule has 19 heavy (non-hydrogen) atoms. The van der Waals surface area contributed by atoms with Gasteiger partial charge in [-0.3, -0.25) is 0 Å². The van der Waals surface area contributed by atoms with Gasteiger partial charge in [-0.15, -0.1) is 0 Å². The first-order valence-corrected chi connectivity index (χ1v) is 7.08. The summed E-state index contributed by atoms with van der Waals surface area (Å²) in [5.74, 6) is -0.449. The summed E-state index contributed by atoms with van der Waals surface area (Å²) < 4.78 is 14.3. The van der Waals surface area contributed by atoms with Crippen LogP contribution in [0.15, 0.2) is 46.9 Å². The van der Waals surface area contributed by atoms with Crippen LogP contribution in [0.1, 0.15) is 11.1 Å². The van der Waals surface area contributed by atoms with Gasteiger partial charge >= 0.3 is 0 Å². The first kappa shape index (κ1) is 14.5. The summed E-state index contributed by atoms with van der Waals surface area (Å²) in [5, 5.41) is 10.1. The lowest BCUT2D eigenvalue weighted by Crippen LogP contribution is -2.14. The molecule has 4 heteroatoms. The van der Waals surface area contributed by atoms with Gasteiger partial charge in [0.15, 0.2) is 0 Å². The van der Waals surface area contributed by atoms with Crippen molar-refractivity contribution in [2.24, 2.45) is 0 Å². The van der Waals surface area contributed by atoms with Gasteiger partial charge in [0.1, 0.15) is 5.82 Å². The maximum absolute atomic E-state index is 13.3. The van der Waals surface area contributed by atoms with Gasteiger partial charge < -0.3 is 5.11 Å².